The molecular weight excluding hydrogens is 122 g/mol. The van der Waals surface area contributed by atoms with E-state index in [9.17, 15) is 0 Å². The van der Waals surface area contributed by atoms with Gasteiger partial charge in [-0.25, -0.2) is 0 Å². The van der Waals surface area contributed by atoms with Gasteiger partial charge in [0.1, 0.15) is 0 Å². The number of hydrogen-bond acceptors (Lipinski definition) is 2. The minimum atomic E-state index is 0.590. The van der Waals surface area contributed by atoms with Crippen molar-refractivity contribution in [2.75, 3.05) is 0 Å². The summed E-state index contributed by atoms with van der Waals surface area (Å²) >= 11 is 4.78. The number of aromatic nitrogens is 3. The Labute approximate surface area is 53.1 Å². The van der Waals surface area contributed by atoms with E-state index >= 15 is 0 Å². The van der Waals surface area contributed by atoms with Gasteiger partial charge in [0.15, 0.2) is 5.03 Å². The number of rotatable bonds is 0. The highest BCUT2D eigenvalue weighted by molar-refractivity contribution is 7.80. The first-order valence-electron chi connectivity index (χ1n) is 2.25. The van der Waals surface area contributed by atoms with Crippen molar-refractivity contribution in [3.63, 3.8) is 0 Å². The molecule has 1 radical (unpaired) electrons. The molecule has 0 aliphatic rings. The van der Waals surface area contributed by atoms with E-state index in [0.29, 0.717) is 5.03 Å². The maximum Gasteiger partial charge on any atom is 0.171 e. The lowest BCUT2D eigenvalue weighted by atomic mass is 10.6. The average Bonchev–Trinajstić information content (AvgIpc) is 1.85. The molecule has 0 amide bonds. The largest absolute Gasteiger partial charge is 0.186 e. The molecule has 3 nitrogen and oxygen atoms in total. The fourth-order valence-corrected chi connectivity index (χ4v) is 0.645. The molecule has 0 N–H and O–H groups in total. The second-order valence-electron chi connectivity index (χ2n) is 1.58. The van der Waals surface area contributed by atoms with Crippen LogP contribution < -0.4 is 0 Å². The highest BCUT2D eigenvalue weighted by Gasteiger charge is 1.97. The summed E-state index contributed by atoms with van der Waals surface area (Å²) in [4.78, 5) is 1.47. The maximum atomic E-state index is 4.78. The van der Waals surface area contributed by atoms with Crippen LogP contribution in [0.2, 0.25) is 0 Å². The normalized spacial score (nSPS) is 9.75. The van der Waals surface area contributed by atoms with E-state index in [1.807, 2.05) is 6.92 Å². The zero-order valence-corrected chi connectivity index (χ0v) is 5.57. The monoisotopic (exact) mass is 128 g/mol. The van der Waals surface area contributed by atoms with E-state index in [-0.39, 0.29) is 0 Å². The fraction of sp³-hybridized carbons (Fsp3) is 0.500. The lowest BCUT2D eigenvalue weighted by molar-refractivity contribution is 0.639. The summed E-state index contributed by atoms with van der Waals surface area (Å²) in [5.74, 6) is 0. The summed E-state index contributed by atoms with van der Waals surface area (Å²) in [6.07, 6.45) is 0. The Hall–Kier alpha value is -0.640. The van der Waals surface area contributed by atoms with Gasteiger partial charge in [-0.15, -0.1) is 5.10 Å². The summed E-state index contributed by atoms with van der Waals surface area (Å²) in [6, 6.07) is 0. The quantitative estimate of drug-likeness (QED) is 0.514. The van der Waals surface area contributed by atoms with Gasteiger partial charge in [0.2, 0.25) is 0 Å². The van der Waals surface area contributed by atoms with Gasteiger partial charge in [0.25, 0.3) is 0 Å². The summed E-state index contributed by atoms with van der Waals surface area (Å²) in [5.41, 5.74) is 0.822. The molecule has 0 aliphatic heterocycles. The van der Waals surface area contributed by atoms with Crippen LogP contribution in [-0.2, 0) is 7.05 Å². The third kappa shape index (κ3) is 0.790. The summed E-state index contributed by atoms with van der Waals surface area (Å²) in [6.45, 7) is 1.84. The van der Waals surface area contributed by atoms with Crippen LogP contribution in [0.25, 0.3) is 0 Å². The second-order valence-corrected chi connectivity index (χ2v) is 1.97. The smallest absolute Gasteiger partial charge is 0.171 e. The van der Waals surface area contributed by atoms with Gasteiger partial charge >= 0.3 is 0 Å². The summed E-state index contributed by atoms with van der Waals surface area (Å²) in [7, 11) is 1.75. The molecule has 4 heteroatoms. The SMILES string of the molecule is Cc1nn(C)nc1[S]. The van der Waals surface area contributed by atoms with Gasteiger partial charge in [-0.2, -0.15) is 9.90 Å². The predicted octanol–water partition coefficient (Wildman–Crippen LogP) is 0.680. The Bertz CT molecular complexity index is 174. The van der Waals surface area contributed by atoms with Crippen LogP contribution >= 0.6 is 12.6 Å². The Morgan fingerprint density at radius 1 is 1.50 bits per heavy atom. The van der Waals surface area contributed by atoms with Crippen LogP contribution in [0.4, 0.5) is 0 Å². The van der Waals surface area contributed by atoms with Crippen LogP contribution in [0.5, 0.6) is 0 Å². The first-order chi connectivity index (χ1) is 3.70. The van der Waals surface area contributed by atoms with Crippen LogP contribution in [0, 0.1) is 6.92 Å². The topological polar surface area (TPSA) is 30.7 Å². The third-order valence-electron chi connectivity index (χ3n) is 0.840. The van der Waals surface area contributed by atoms with Gasteiger partial charge in [0.05, 0.1) is 5.69 Å². The molecule has 0 saturated carbocycles. The molecule has 1 heterocycles. The van der Waals surface area contributed by atoms with Crippen molar-refractivity contribution in [2.45, 2.75) is 11.9 Å². The molecule has 0 bridgehead atoms. The van der Waals surface area contributed by atoms with Gasteiger partial charge in [-0.05, 0) is 6.92 Å². The molecule has 0 aromatic carbocycles. The molecule has 43 valence electrons. The second kappa shape index (κ2) is 1.70. The van der Waals surface area contributed by atoms with Crippen molar-refractivity contribution in [2.24, 2.45) is 7.05 Å². The molecule has 0 aliphatic carbocycles. The van der Waals surface area contributed by atoms with Crippen molar-refractivity contribution in [3.8, 4) is 0 Å². The van der Waals surface area contributed by atoms with Gasteiger partial charge in [0, 0.05) is 7.05 Å². The Morgan fingerprint density at radius 2 is 2.12 bits per heavy atom. The van der Waals surface area contributed by atoms with Gasteiger partial charge < -0.3 is 0 Å². The van der Waals surface area contributed by atoms with E-state index in [1.165, 1.54) is 4.80 Å². The first kappa shape index (κ1) is 5.50. The first-order valence-corrected chi connectivity index (χ1v) is 2.66. The van der Waals surface area contributed by atoms with Crippen LogP contribution in [0.3, 0.4) is 0 Å². The maximum absolute atomic E-state index is 4.78. The standard InChI is InChI=1S/C4H6N3S/c1-3-4(8)6-7(2)5-3/h1-2H3. The highest BCUT2D eigenvalue weighted by Crippen LogP contribution is 2.02. The molecule has 0 atom stereocenters. The molecule has 8 heavy (non-hydrogen) atoms. The van der Waals surface area contributed by atoms with Crippen molar-refractivity contribution < 1.29 is 0 Å². The molecule has 0 fully saturated rings. The summed E-state index contributed by atoms with van der Waals surface area (Å²) in [5, 5.41) is 8.33. The highest BCUT2D eigenvalue weighted by atomic mass is 32.1. The van der Waals surface area contributed by atoms with Crippen molar-refractivity contribution in [3.05, 3.63) is 5.69 Å². The van der Waals surface area contributed by atoms with Crippen LogP contribution in [-0.4, -0.2) is 15.0 Å². The average molecular weight is 128 g/mol. The number of hydrogen-bond donors (Lipinski definition) is 0. The zero-order valence-electron chi connectivity index (χ0n) is 4.75. The van der Waals surface area contributed by atoms with E-state index in [2.05, 4.69) is 10.2 Å². The van der Waals surface area contributed by atoms with Gasteiger partial charge in [-0.1, -0.05) is 12.6 Å². The molecule has 0 saturated heterocycles. The minimum absolute atomic E-state index is 0.590. The Kier molecular flexibility index (Phi) is 1.17. The minimum Gasteiger partial charge on any atom is -0.186 e. The van der Waals surface area contributed by atoms with E-state index in [4.69, 9.17) is 12.6 Å². The predicted molar refractivity (Wildman–Crippen MR) is 31.6 cm³/mol. The van der Waals surface area contributed by atoms with E-state index in [1.54, 1.807) is 7.05 Å². The number of nitrogens with zero attached hydrogens (tertiary/aromatic N) is 3. The summed E-state index contributed by atoms with van der Waals surface area (Å²) < 4.78 is 0. The molecule has 0 unspecified atom stereocenters. The van der Waals surface area contributed by atoms with Crippen LogP contribution in [0.1, 0.15) is 5.69 Å². The zero-order chi connectivity index (χ0) is 6.15. The molecule has 1 rings (SSSR count). The lowest BCUT2D eigenvalue weighted by Crippen LogP contribution is -1.91. The fourth-order valence-electron chi connectivity index (χ4n) is 0.486. The molecular formula is C4H6N3S. The van der Waals surface area contributed by atoms with Gasteiger partial charge in [-0.3, -0.25) is 0 Å². The Morgan fingerprint density at radius 3 is 2.25 bits per heavy atom. The third-order valence-corrected chi connectivity index (χ3v) is 1.22. The molecule has 0 spiro atoms. The van der Waals surface area contributed by atoms with Crippen LogP contribution in [0.15, 0.2) is 5.03 Å². The Balaban J connectivity index is 3.14. The van der Waals surface area contributed by atoms with E-state index < -0.39 is 0 Å². The van der Waals surface area contributed by atoms with Crippen molar-refractivity contribution in [1.29, 1.82) is 0 Å². The lowest BCUT2D eigenvalue weighted by Gasteiger charge is -1.76. The molecule has 1 aromatic heterocycles. The number of aryl methyl sites for hydroxylation is 2. The van der Waals surface area contributed by atoms with Crippen molar-refractivity contribution >= 4 is 12.6 Å². The van der Waals surface area contributed by atoms with E-state index in [0.717, 1.165) is 5.69 Å². The molecule has 1 aromatic rings. The van der Waals surface area contributed by atoms with Crippen molar-refractivity contribution in [1.82, 2.24) is 15.0 Å².